The maximum Gasteiger partial charge on any atom is 0.0101 e. The average Bonchev–Trinajstić information content (AvgIpc) is 2.34. The highest BCUT2D eigenvalue weighted by Crippen LogP contribution is 2.41. The Hall–Kier alpha value is -0.0400. The average molecular weight is 211 g/mol. The molecule has 0 radical (unpaired) electrons. The lowest BCUT2D eigenvalue weighted by Crippen LogP contribution is -2.42. The summed E-state index contributed by atoms with van der Waals surface area (Å²) in [4.78, 5) is 0. The van der Waals surface area contributed by atoms with Gasteiger partial charge in [0.05, 0.1) is 0 Å². The van der Waals surface area contributed by atoms with Gasteiger partial charge >= 0.3 is 0 Å². The largest absolute Gasteiger partial charge is 0.311 e. The Bertz CT molecular complexity index is 196. The van der Waals surface area contributed by atoms with Gasteiger partial charge in [-0.2, -0.15) is 0 Å². The van der Waals surface area contributed by atoms with Crippen molar-refractivity contribution in [2.45, 2.75) is 72.9 Å². The van der Waals surface area contributed by atoms with Gasteiger partial charge in [-0.1, -0.05) is 41.5 Å². The Morgan fingerprint density at radius 2 is 1.87 bits per heavy atom. The van der Waals surface area contributed by atoms with Crippen molar-refractivity contribution in [3.63, 3.8) is 0 Å². The number of hydrogen-bond donors (Lipinski definition) is 1. The number of nitrogens with one attached hydrogen (secondary N) is 1. The van der Waals surface area contributed by atoms with Crippen molar-refractivity contribution < 1.29 is 0 Å². The van der Waals surface area contributed by atoms with E-state index >= 15 is 0 Å². The van der Waals surface area contributed by atoms with Gasteiger partial charge in [0, 0.05) is 12.1 Å². The summed E-state index contributed by atoms with van der Waals surface area (Å²) in [5.41, 5.74) is 0.548. The van der Waals surface area contributed by atoms with Crippen molar-refractivity contribution in [1.29, 1.82) is 0 Å². The van der Waals surface area contributed by atoms with E-state index < -0.39 is 0 Å². The first kappa shape index (κ1) is 13.0. The van der Waals surface area contributed by atoms with Gasteiger partial charge in [0.25, 0.3) is 0 Å². The van der Waals surface area contributed by atoms with Crippen LogP contribution < -0.4 is 5.32 Å². The maximum absolute atomic E-state index is 3.87. The van der Waals surface area contributed by atoms with Crippen LogP contribution in [0.5, 0.6) is 0 Å². The van der Waals surface area contributed by atoms with Crippen molar-refractivity contribution in [3.05, 3.63) is 0 Å². The Morgan fingerprint density at radius 3 is 2.20 bits per heavy atom. The minimum atomic E-state index is 0.548. The van der Waals surface area contributed by atoms with Crippen molar-refractivity contribution in [1.82, 2.24) is 5.32 Å². The van der Waals surface area contributed by atoms with Crippen LogP contribution in [0.25, 0.3) is 0 Å². The highest BCUT2D eigenvalue weighted by atomic mass is 15.0. The first-order chi connectivity index (χ1) is 6.85. The molecule has 1 saturated carbocycles. The second-order valence-electron chi connectivity index (χ2n) is 6.58. The zero-order valence-electron chi connectivity index (χ0n) is 11.4. The molecule has 0 heterocycles. The highest BCUT2D eigenvalue weighted by molar-refractivity contribution is 4.92. The van der Waals surface area contributed by atoms with Crippen LogP contribution in [-0.4, -0.2) is 12.1 Å². The third-order valence-corrected chi connectivity index (χ3v) is 4.01. The summed E-state index contributed by atoms with van der Waals surface area (Å²) in [7, 11) is 0. The molecule has 3 atom stereocenters. The predicted octanol–water partition coefficient (Wildman–Crippen LogP) is 3.84. The molecule has 0 bridgehead atoms. The summed E-state index contributed by atoms with van der Waals surface area (Å²) >= 11 is 0. The van der Waals surface area contributed by atoms with Crippen LogP contribution in [0.4, 0.5) is 0 Å². The second-order valence-corrected chi connectivity index (χ2v) is 6.58. The second kappa shape index (κ2) is 4.86. The van der Waals surface area contributed by atoms with Gasteiger partial charge in [-0.3, -0.25) is 0 Å². The molecule has 90 valence electrons. The van der Waals surface area contributed by atoms with E-state index in [1.165, 1.54) is 19.3 Å². The van der Waals surface area contributed by atoms with Crippen molar-refractivity contribution in [3.8, 4) is 0 Å². The Balaban J connectivity index is 2.51. The molecule has 15 heavy (non-hydrogen) atoms. The quantitative estimate of drug-likeness (QED) is 0.745. The first-order valence-corrected chi connectivity index (χ1v) is 6.62. The number of rotatable bonds is 4. The van der Waals surface area contributed by atoms with Crippen LogP contribution in [0.3, 0.4) is 0 Å². The van der Waals surface area contributed by atoms with Crippen LogP contribution in [0.2, 0.25) is 0 Å². The fourth-order valence-electron chi connectivity index (χ4n) is 3.17. The third kappa shape index (κ3) is 3.48. The van der Waals surface area contributed by atoms with Crippen molar-refractivity contribution >= 4 is 0 Å². The van der Waals surface area contributed by atoms with Crippen LogP contribution in [-0.2, 0) is 0 Å². The summed E-state index contributed by atoms with van der Waals surface area (Å²) in [6, 6.07) is 1.44. The summed E-state index contributed by atoms with van der Waals surface area (Å²) in [5, 5.41) is 3.87. The molecule has 1 rings (SSSR count). The van der Waals surface area contributed by atoms with Crippen LogP contribution in [0.15, 0.2) is 0 Å². The summed E-state index contributed by atoms with van der Waals surface area (Å²) < 4.78 is 0. The molecule has 0 aromatic carbocycles. The van der Waals surface area contributed by atoms with Crippen LogP contribution in [0.1, 0.15) is 60.8 Å². The van der Waals surface area contributed by atoms with Gasteiger partial charge in [-0.25, -0.2) is 0 Å². The highest BCUT2D eigenvalue weighted by Gasteiger charge is 2.37. The Morgan fingerprint density at radius 1 is 1.27 bits per heavy atom. The van der Waals surface area contributed by atoms with Crippen LogP contribution in [0, 0.1) is 17.3 Å². The van der Waals surface area contributed by atoms with E-state index in [4.69, 9.17) is 0 Å². The standard InChI is InChI=1S/C14H29N/c1-7-12(10(2)3)15-13-9-14(5,6)8-11(13)4/h10-13,15H,7-9H2,1-6H3. The van der Waals surface area contributed by atoms with E-state index in [2.05, 4.69) is 46.9 Å². The summed E-state index contributed by atoms with van der Waals surface area (Å²) in [6.45, 7) is 14.2. The van der Waals surface area contributed by atoms with E-state index in [1.54, 1.807) is 0 Å². The monoisotopic (exact) mass is 211 g/mol. The van der Waals surface area contributed by atoms with E-state index in [1.807, 2.05) is 0 Å². The molecule has 1 N–H and O–H groups in total. The summed E-state index contributed by atoms with van der Waals surface area (Å²) in [5.74, 6) is 1.60. The lowest BCUT2D eigenvalue weighted by Gasteiger charge is -2.28. The smallest absolute Gasteiger partial charge is 0.0101 e. The van der Waals surface area contributed by atoms with E-state index in [0.717, 1.165) is 17.9 Å². The molecule has 1 fully saturated rings. The van der Waals surface area contributed by atoms with Crippen molar-refractivity contribution in [2.24, 2.45) is 17.3 Å². The Kier molecular flexibility index (Phi) is 4.22. The lowest BCUT2D eigenvalue weighted by molar-refractivity contribution is 0.304. The lowest BCUT2D eigenvalue weighted by atomic mass is 9.91. The molecule has 0 amide bonds. The van der Waals surface area contributed by atoms with E-state index in [0.29, 0.717) is 11.5 Å². The van der Waals surface area contributed by atoms with Gasteiger partial charge in [0.1, 0.15) is 0 Å². The summed E-state index contributed by atoms with van der Waals surface area (Å²) in [6.07, 6.45) is 3.97. The number of hydrogen-bond acceptors (Lipinski definition) is 1. The normalized spacial score (nSPS) is 32.2. The van der Waals surface area contributed by atoms with Crippen LogP contribution >= 0.6 is 0 Å². The fourth-order valence-corrected chi connectivity index (χ4v) is 3.17. The molecule has 0 aromatic rings. The van der Waals surface area contributed by atoms with Gasteiger partial charge in [0.2, 0.25) is 0 Å². The topological polar surface area (TPSA) is 12.0 Å². The van der Waals surface area contributed by atoms with Gasteiger partial charge in [0.15, 0.2) is 0 Å². The minimum Gasteiger partial charge on any atom is -0.311 e. The van der Waals surface area contributed by atoms with E-state index in [-0.39, 0.29) is 0 Å². The third-order valence-electron chi connectivity index (χ3n) is 4.01. The predicted molar refractivity (Wildman–Crippen MR) is 68.0 cm³/mol. The van der Waals surface area contributed by atoms with Gasteiger partial charge in [-0.05, 0) is 36.5 Å². The Labute approximate surface area is 96.0 Å². The maximum atomic E-state index is 3.87. The fraction of sp³-hybridized carbons (Fsp3) is 1.00. The van der Waals surface area contributed by atoms with Crippen molar-refractivity contribution in [2.75, 3.05) is 0 Å². The molecule has 3 unspecified atom stereocenters. The van der Waals surface area contributed by atoms with Gasteiger partial charge in [-0.15, -0.1) is 0 Å². The van der Waals surface area contributed by atoms with E-state index in [9.17, 15) is 0 Å². The first-order valence-electron chi connectivity index (χ1n) is 6.62. The molecule has 1 aliphatic carbocycles. The van der Waals surface area contributed by atoms with Gasteiger partial charge < -0.3 is 5.32 Å². The zero-order chi connectivity index (χ0) is 11.6. The zero-order valence-corrected chi connectivity index (χ0v) is 11.4. The molecular formula is C14H29N. The SMILES string of the molecule is CCC(NC1CC(C)(C)CC1C)C(C)C. The molecule has 1 aliphatic rings. The molecule has 0 aliphatic heterocycles. The molecular weight excluding hydrogens is 182 g/mol. The molecule has 0 saturated heterocycles. The minimum absolute atomic E-state index is 0.548. The molecule has 0 spiro atoms. The molecule has 1 nitrogen and oxygen atoms in total. The molecule has 1 heteroatoms. The molecule has 0 aromatic heterocycles.